The zero-order chi connectivity index (χ0) is 23.7. The maximum Gasteiger partial charge on any atom is 0.416 e. The Balaban J connectivity index is 1.79. The second-order valence-electron chi connectivity index (χ2n) is 7.38. The third-order valence-corrected chi connectivity index (χ3v) is 5.28. The molecule has 0 bridgehead atoms. The first kappa shape index (κ1) is 23.9. The molecular formula is C21H17ClF6N2O2. The summed E-state index contributed by atoms with van der Waals surface area (Å²) in [7, 11) is 0. The lowest BCUT2D eigenvalue weighted by atomic mass is 9.95. The number of rotatable bonds is 3. The van der Waals surface area contributed by atoms with Crippen molar-refractivity contribution in [1.29, 1.82) is 0 Å². The van der Waals surface area contributed by atoms with Crippen molar-refractivity contribution in [3.63, 3.8) is 0 Å². The van der Waals surface area contributed by atoms with E-state index in [1.165, 1.54) is 0 Å². The molecule has 1 N–H and O–H groups in total. The molecule has 0 unspecified atom stereocenters. The Morgan fingerprint density at radius 3 is 2.03 bits per heavy atom. The van der Waals surface area contributed by atoms with Crippen molar-refractivity contribution in [3.8, 4) is 0 Å². The van der Waals surface area contributed by atoms with E-state index >= 15 is 0 Å². The number of hydrogen-bond acceptors (Lipinski definition) is 2. The Morgan fingerprint density at radius 1 is 0.938 bits per heavy atom. The van der Waals surface area contributed by atoms with E-state index in [-0.39, 0.29) is 19.2 Å². The molecule has 0 aliphatic carbocycles. The van der Waals surface area contributed by atoms with E-state index in [0.717, 1.165) is 4.90 Å². The van der Waals surface area contributed by atoms with Crippen molar-refractivity contribution in [2.45, 2.75) is 25.2 Å². The number of hydrogen-bond donors (Lipinski definition) is 1. The van der Waals surface area contributed by atoms with Crippen LogP contribution in [0.2, 0.25) is 5.02 Å². The van der Waals surface area contributed by atoms with Gasteiger partial charge in [-0.15, -0.1) is 0 Å². The first-order valence-electron chi connectivity index (χ1n) is 9.50. The lowest BCUT2D eigenvalue weighted by Crippen LogP contribution is -2.43. The number of benzene rings is 2. The minimum atomic E-state index is -5.06. The van der Waals surface area contributed by atoms with E-state index in [0.29, 0.717) is 35.7 Å². The predicted molar refractivity (Wildman–Crippen MR) is 105 cm³/mol. The predicted octanol–water partition coefficient (Wildman–Crippen LogP) is 5.87. The van der Waals surface area contributed by atoms with Crippen LogP contribution in [0, 0.1) is 5.92 Å². The van der Waals surface area contributed by atoms with Gasteiger partial charge < -0.3 is 10.2 Å². The minimum Gasteiger partial charge on any atom is -0.338 e. The van der Waals surface area contributed by atoms with Crippen LogP contribution in [-0.4, -0.2) is 29.8 Å². The van der Waals surface area contributed by atoms with Gasteiger partial charge in [0.25, 0.3) is 5.91 Å². The fraction of sp³-hybridized carbons (Fsp3) is 0.333. The SMILES string of the molecule is O=C(Nc1ccc(Cl)cc1)[C@H]1CCCN(C(=O)c2cc(C(F)(F)F)cc(C(F)(F)F)c2)C1. The fourth-order valence-electron chi connectivity index (χ4n) is 3.41. The third-order valence-electron chi connectivity index (χ3n) is 5.03. The van der Waals surface area contributed by atoms with Gasteiger partial charge in [0.1, 0.15) is 0 Å². The van der Waals surface area contributed by atoms with Gasteiger partial charge >= 0.3 is 12.4 Å². The Labute approximate surface area is 184 Å². The van der Waals surface area contributed by atoms with Crippen LogP contribution in [0.15, 0.2) is 42.5 Å². The summed E-state index contributed by atoms with van der Waals surface area (Å²) < 4.78 is 78.5. The number of nitrogens with zero attached hydrogens (tertiary/aromatic N) is 1. The van der Waals surface area contributed by atoms with E-state index in [4.69, 9.17) is 11.6 Å². The Hall–Kier alpha value is -2.75. The van der Waals surface area contributed by atoms with Crippen LogP contribution in [0.25, 0.3) is 0 Å². The van der Waals surface area contributed by atoms with E-state index < -0.39 is 46.8 Å². The van der Waals surface area contributed by atoms with E-state index in [1.54, 1.807) is 24.3 Å². The summed E-state index contributed by atoms with van der Waals surface area (Å²) in [5.74, 6) is -2.08. The summed E-state index contributed by atoms with van der Waals surface area (Å²) in [4.78, 5) is 26.4. The van der Waals surface area contributed by atoms with Gasteiger partial charge in [0.05, 0.1) is 17.0 Å². The zero-order valence-electron chi connectivity index (χ0n) is 16.4. The normalized spacial score (nSPS) is 17.2. The number of anilines is 1. The first-order valence-corrected chi connectivity index (χ1v) is 9.87. The molecule has 1 heterocycles. The molecule has 1 fully saturated rings. The highest BCUT2D eigenvalue weighted by Gasteiger charge is 2.38. The lowest BCUT2D eigenvalue weighted by molar-refractivity contribution is -0.143. The van der Waals surface area contributed by atoms with Gasteiger partial charge in [0, 0.05) is 29.4 Å². The maximum atomic E-state index is 13.1. The summed E-state index contributed by atoms with van der Waals surface area (Å²) in [6.07, 6.45) is -9.33. The average molecular weight is 479 g/mol. The largest absolute Gasteiger partial charge is 0.416 e. The number of halogens is 7. The Kier molecular flexibility index (Phi) is 6.73. The molecule has 3 rings (SSSR count). The van der Waals surface area contributed by atoms with Crippen LogP contribution in [0.5, 0.6) is 0 Å². The molecule has 4 nitrogen and oxygen atoms in total. The number of nitrogens with one attached hydrogen (secondary N) is 1. The van der Waals surface area contributed by atoms with Crippen molar-refractivity contribution in [2.75, 3.05) is 18.4 Å². The number of carbonyl (C=O) groups is 2. The molecule has 0 radical (unpaired) electrons. The Bertz CT molecular complexity index is 973. The molecule has 0 aromatic heterocycles. The topological polar surface area (TPSA) is 49.4 Å². The number of likely N-dealkylation sites (tertiary alicyclic amines) is 1. The second-order valence-corrected chi connectivity index (χ2v) is 7.82. The molecule has 1 aliphatic heterocycles. The molecule has 11 heteroatoms. The summed E-state index contributed by atoms with van der Waals surface area (Å²) in [6, 6.07) is 7.05. The third kappa shape index (κ3) is 5.73. The second kappa shape index (κ2) is 9.01. The first-order chi connectivity index (χ1) is 14.8. The van der Waals surface area contributed by atoms with Crippen LogP contribution >= 0.6 is 11.6 Å². The molecule has 0 spiro atoms. The molecule has 0 saturated carbocycles. The van der Waals surface area contributed by atoms with Crippen LogP contribution in [0.3, 0.4) is 0 Å². The quantitative estimate of drug-likeness (QED) is 0.561. The fourth-order valence-corrected chi connectivity index (χ4v) is 3.54. The van der Waals surface area contributed by atoms with Crippen molar-refractivity contribution in [1.82, 2.24) is 4.90 Å². The van der Waals surface area contributed by atoms with Crippen LogP contribution in [-0.2, 0) is 17.1 Å². The molecule has 1 saturated heterocycles. The summed E-state index contributed by atoms with van der Waals surface area (Å²) in [5.41, 5.74) is -3.39. The molecule has 32 heavy (non-hydrogen) atoms. The number of amides is 2. The monoisotopic (exact) mass is 478 g/mol. The number of alkyl halides is 6. The molecule has 2 aromatic rings. The van der Waals surface area contributed by atoms with E-state index in [9.17, 15) is 35.9 Å². The van der Waals surface area contributed by atoms with Gasteiger partial charge in [-0.2, -0.15) is 26.3 Å². The van der Waals surface area contributed by atoms with Crippen LogP contribution < -0.4 is 5.32 Å². The highest BCUT2D eigenvalue weighted by Crippen LogP contribution is 2.36. The smallest absolute Gasteiger partial charge is 0.338 e. The molecule has 1 aliphatic rings. The highest BCUT2D eigenvalue weighted by molar-refractivity contribution is 6.30. The molecule has 2 amide bonds. The van der Waals surface area contributed by atoms with Gasteiger partial charge in [-0.25, -0.2) is 0 Å². The standard InChI is InChI=1S/C21H17ClF6N2O2/c22-16-3-5-17(6-4-16)29-18(31)12-2-1-7-30(11-12)19(32)13-8-14(20(23,24)25)10-15(9-13)21(26,27)28/h3-6,8-10,12H,1-2,7,11H2,(H,29,31)/t12-/m0/s1. The van der Waals surface area contributed by atoms with Crippen molar-refractivity contribution in [2.24, 2.45) is 5.92 Å². The van der Waals surface area contributed by atoms with Crippen molar-refractivity contribution < 1.29 is 35.9 Å². The van der Waals surface area contributed by atoms with Gasteiger partial charge in [-0.1, -0.05) is 11.6 Å². The highest BCUT2D eigenvalue weighted by atomic mass is 35.5. The summed E-state index contributed by atoms with van der Waals surface area (Å²) in [6.45, 7) is -0.0169. The van der Waals surface area contributed by atoms with E-state index in [2.05, 4.69) is 5.32 Å². The lowest BCUT2D eigenvalue weighted by Gasteiger charge is -2.32. The molecular weight excluding hydrogens is 462 g/mol. The van der Waals surface area contributed by atoms with Gasteiger partial charge in [0.2, 0.25) is 5.91 Å². The molecule has 2 aromatic carbocycles. The van der Waals surface area contributed by atoms with Crippen LogP contribution in [0.1, 0.15) is 34.3 Å². The van der Waals surface area contributed by atoms with Gasteiger partial charge in [0.15, 0.2) is 0 Å². The van der Waals surface area contributed by atoms with Gasteiger partial charge in [-0.3, -0.25) is 9.59 Å². The zero-order valence-corrected chi connectivity index (χ0v) is 17.1. The van der Waals surface area contributed by atoms with Crippen molar-refractivity contribution >= 4 is 29.1 Å². The minimum absolute atomic E-state index is 0.0324. The summed E-state index contributed by atoms with van der Waals surface area (Å²) >= 11 is 5.79. The molecule has 1 atom stereocenters. The molecule has 172 valence electrons. The van der Waals surface area contributed by atoms with Gasteiger partial charge in [-0.05, 0) is 55.3 Å². The summed E-state index contributed by atoms with van der Waals surface area (Å²) in [5, 5.41) is 3.13. The Morgan fingerprint density at radius 2 is 1.50 bits per heavy atom. The van der Waals surface area contributed by atoms with E-state index in [1.807, 2.05) is 0 Å². The average Bonchev–Trinajstić information content (AvgIpc) is 2.73. The number of piperidine rings is 1. The number of carbonyl (C=O) groups excluding carboxylic acids is 2. The van der Waals surface area contributed by atoms with Crippen LogP contribution in [0.4, 0.5) is 32.0 Å². The maximum absolute atomic E-state index is 13.1. The van der Waals surface area contributed by atoms with Crippen molar-refractivity contribution in [3.05, 3.63) is 64.2 Å².